The van der Waals surface area contributed by atoms with Crippen LogP contribution in [0.5, 0.6) is 0 Å². The third-order valence-electron chi connectivity index (χ3n) is 6.59. The maximum atomic E-state index is 12.8. The van der Waals surface area contributed by atoms with Crippen molar-refractivity contribution in [3.8, 4) is 0 Å². The van der Waals surface area contributed by atoms with Gasteiger partial charge in [-0.15, -0.1) is 0 Å². The normalized spacial score (nSPS) is 14.4. The van der Waals surface area contributed by atoms with Crippen LogP contribution in [0.15, 0.2) is 67.0 Å². The highest BCUT2D eigenvalue weighted by molar-refractivity contribution is 5.73. The molecule has 1 aliphatic heterocycles. The van der Waals surface area contributed by atoms with Crippen molar-refractivity contribution in [1.29, 1.82) is 0 Å². The molecule has 7 heteroatoms. The zero-order valence-electron chi connectivity index (χ0n) is 20.0. The molecule has 1 aliphatic rings. The molecule has 178 valence electrons. The fraction of sp³-hybridized carbons (Fsp3) is 0.370. The number of carbonyl (C=O) groups is 1. The van der Waals surface area contributed by atoms with Gasteiger partial charge in [-0.25, -0.2) is 9.86 Å². The molecule has 0 atom stereocenters. The molecule has 34 heavy (non-hydrogen) atoms. The number of urea groups is 1. The molecular formula is C27H33N5O2. The van der Waals surface area contributed by atoms with Gasteiger partial charge in [0, 0.05) is 44.6 Å². The van der Waals surface area contributed by atoms with Crippen LogP contribution in [-0.4, -0.2) is 55.2 Å². The lowest BCUT2D eigenvalue weighted by molar-refractivity contribution is -0.0673. The first-order valence-electron chi connectivity index (χ1n) is 11.9. The third kappa shape index (κ3) is 5.98. The van der Waals surface area contributed by atoms with Crippen molar-refractivity contribution in [2.75, 3.05) is 13.1 Å². The average molecular weight is 460 g/mol. The fourth-order valence-electron chi connectivity index (χ4n) is 4.48. The van der Waals surface area contributed by atoms with E-state index in [1.54, 1.807) is 4.90 Å². The van der Waals surface area contributed by atoms with Gasteiger partial charge in [-0.3, -0.25) is 20.1 Å². The summed E-state index contributed by atoms with van der Waals surface area (Å²) in [4.78, 5) is 26.2. The first-order chi connectivity index (χ1) is 16.5. The van der Waals surface area contributed by atoms with Crippen molar-refractivity contribution < 1.29 is 10.0 Å². The minimum Gasteiger partial charge on any atom is -0.323 e. The van der Waals surface area contributed by atoms with Crippen LogP contribution in [-0.2, 0) is 19.6 Å². The number of aryl methyl sites for hydroxylation is 2. The topological polar surface area (TPSA) is 72.8 Å². The smallest absolute Gasteiger partial charge is 0.323 e. The van der Waals surface area contributed by atoms with E-state index in [1.807, 2.05) is 54.9 Å². The lowest BCUT2D eigenvalue weighted by Gasteiger charge is -2.39. The van der Waals surface area contributed by atoms with E-state index < -0.39 is 0 Å². The summed E-state index contributed by atoms with van der Waals surface area (Å²) >= 11 is 0. The molecule has 0 saturated carbocycles. The Labute approximate surface area is 201 Å². The van der Waals surface area contributed by atoms with Gasteiger partial charge in [0.05, 0.1) is 17.9 Å². The number of likely N-dealkylation sites (tertiary alicyclic amines) is 1. The molecule has 1 N–H and O–H groups in total. The zero-order chi connectivity index (χ0) is 23.9. The first kappa shape index (κ1) is 23.9. The largest absolute Gasteiger partial charge is 0.344 e. The van der Waals surface area contributed by atoms with E-state index in [-0.39, 0.29) is 12.6 Å². The van der Waals surface area contributed by atoms with Crippen molar-refractivity contribution >= 4 is 6.03 Å². The second kappa shape index (κ2) is 11.2. The van der Waals surface area contributed by atoms with Gasteiger partial charge in [0.25, 0.3) is 0 Å². The maximum absolute atomic E-state index is 12.8. The highest BCUT2D eigenvalue weighted by Crippen LogP contribution is 2.23. The molecule has 4 rings (SSSR count). The minimum absolute atomic E-state index is 0.184. The van der Waals surface area contributed by atoms with Crippen molar-refractivity contribution in [1.82, 2.24) is 24.8 Å². The number of rotatable bonds is 7. The molecule has 7 nitrogen and oxygen atoms in total. The number of amides is 2. The monoisotopic (exact) mass is 459 g/mol. The maximum Gasteiger partial charge on any atom is 0.344 e. The second-order valence-corrected chi connectivity index (χ2v) is 8.98. The number of hydroxylamine groups is 2. The van der Waals surface area contributed by atoms with Gasteiger partial charge < -0.3 is 4.90 Å². The van der Waals surface area contributed by atoms with Crippen LogP contribution in [0.4, 0.5) is 4.79 Å². The van der Waals surface area contributed by atoms with Crippen molar-refractivity contribution in [3.05, 3.63) is 95.1 Å². The molecule has 0 bridgehead atoms. The van der Waals surface area contributed by atoms with Crippen molar-refractivity contribution in [3.63, 3.8) is 0 Å². The number of aromatic nitrogens is 2. The quantitative estimate of drug-likeness (QED) is 0.414. The Balaban J connectivity index is 1.42. The molecule has 2 aromatic heterocycles. The molecule has 0 spiro atoms. The minimum atomic E-state index is -0.338. The summed E-state index contributed by atoms with van der Waals surface area (Å²) in [6.07, 6.45) is 5.36. The fourth-order valence-corrected chi connectivity index (χ4v) is 4.48. The highest BCUT2D eigenvalue weighted by Gasteiger charge is 2.30. The molecule has 3 heterocycles. The van der Waals surface area contributed by atoms with Crippen LogP contribution < -0.4 is 0 Å². The SMILES string of the molecule is Cc1cccnc1CN(Cc1ncccc1C)C1CCN(C(=O)N(O)Cc2ccccc2)CC1. The Kier molecular flexibility index (Phi) is 7.87. The van der Waals surface area contributed by atoms with Crippen LogP contribution in [0, 0.1) is 13.8 Å². The van der Waals surface area contributed by atoms with E-state index in [0.29, 0.717) is 19.1 Å². The van der Waals surface area contributed by atoms with E-state index >= 15 is 0 Å². The van der Waals surface area contributed by atoms with Crippen LogP contribution in [0.3, 0.4) is 0 Å². The van der Waals surface area contributed by atoms with E-state index in [9.17, 15) is 10.0 Å². The van der Waals surface area contributed by atoms with E-state index in [4.69, 9.17) is 0 Å². The summed E-state index contributed by atoms with van der Waals surface area (Å²) < 4.78 is 0. The van der Waals surface area contributed by atoms with E-state index in [1.165, 1.54) is 11.1 Å². The van der Waals surface area contributed by atoms with Gasteiger partial charge in [0.15, 0.2) is 0 Å². The summed E-state index contributed by atoms with van der Waals surface area (Å²) in [6, 6.07) is 17.6. The number of benzene rings is 1. The first-order valence-corrected chi connectivity index (χ1v) is 11.9. The van der Waals surface area contributed by atoms with E-state index in [0.717, 1.165) is 47.9 Å². The van der Waals surface area contributed by atoms with Gasteiger partial charge in [-0.2, -0.15) is 0 Å². The van der Waals surface area contributed by atoms with Gasteiger partial charge in [0.2, 0.25) is 0 Å². The van der Waals surface area contributed by atoms with Crippen molar-refractivity contribution in [2.45, 2.75) is 52.4 Å². The Morgan fingerprint density at radius 2 is 1.44 bits per heavy atom. The number of piperidine rings is 1. The summed E-state index contributed by atoms with van der Waals surface area (Å²) in [7, 11) is 0. The molecular weight excluding hydrogens is 426 g/mol. The second-order valence-electron chi connectivity index (χ2n) is 8.98. The average Bonchev–Trinajstić information content (AvgIpc) is 2.86. The van der Waals surface area contributed by atoms with Crippen LogP contribution in [0.25, 0.3) is 0 Å². The number of hydrogen-bond acceptors (Lipinski definition) is 5. The molecule has 0 radical (unpaired) electrons. The predicted molar refractivity (Wildman–Crippen MR) is 131 cm³/mol. The van der Waals surface area contributed by atoms with Crippen LogP contribution in [0.2, 0.25) is 0 Å². The molecule has 1 saturated heterocycles. The highest BCUT2D eigenvalue weighted by atomic mass is 16.5. The Morgan fingerprint density at radius 1 is 0.882 bits per heavy atom. The summed E-state index contributed by atoms with van der Waals surface area (Å²) in [5.41, 5.74) is 5.39. The molecule has 0 aliphatic carbocycles. The number of nitrogens with zero attached hydrogens (tertiary/aromatic N) is 5. The Morgan fingerprint density at radius 3 is 1.97 bits per heavy atom. The lowest BCUT2D eigenvalue weighted by atomic mass is 10.0. The molecule has 3 aromatic rings. The number of pyridine rings is 2. The number of hydrogen-bond donors (Lipinski definition) is 1. The van der Waals surface area contributed by atoms with Crippen molar-refractivity contribution in [2.24, 2.45) is 0 Å². The lowest BCUT2D eigenvalue weighted by Crippen LogP contribution is -2.49. The van der Waals surface area contributed by atoms with Gasteiger partial charge in [0.1, 0.15) is 0 Å². The molecule has 1 aromatic carbocycles. The van der Waals surface area contributed by atoms with Crippen LogP contribution >= 0.6 is 0 Å². The third-order valence-corrected chi connectivity index (χ3v) is 6.59. The number of carbonyl (C=O) groups excluding carboxylic acids is 1. The van der Waals surface area contributed by atoms with Gasteiger partial charge >= 0.3 is 6.03 Å². The molecule has 2 amide bonds. The summed E-state index contributed by atoms with van der Waals surface area (Å²) in [5, 5.41) is 11.2. The predicted octanol–water partition coefficient (Wildman–Crippen LogP) is 4.57. The summed E-state index contributed by atoms with van der Waals surface area (Å²) in [5.74, 6) is 0. The Bertz CT molecular complexity index is 1040. The van der Waals surface area contributed by atoms with E-state index in [2.05, 4.69) is 40.8 Å². The summed E-state index contributed by atoms with van der Waals surface area (Å²) in [6.45, 7) is 7.06. The molecule has 0 unspecified atom stereocenters. The Hall–Kier alpha value is -3.29. The standard InChI is InChI=1S/C27H33N5O2/c1-21-8-6-14-28-25(21)19-31(20-26-22(2)9-7-15-29-26)24-12-16-30(17-13-24)27(33)32(34)18-23-10-4-3-5-11-23/h3-11,14-15,24,34H,12-13,16-20H2,1-2H3. The van der Waals surface area contributed by atoms with Gasteiger partial charge in [-0.1, -0.05) is 42.5 Å². The molecule has 1 fully saturated rings. The van der Waals surface area contributed by atoms with Gasteiger partial charge in [-0.05, 0) is 55.5 Å². The van der Waals surface area contributed by atoms with Crippen LogP contribution in [0.1, 0.15) is 40.9 Å². The zero-order valence-corrected chi connectivity index (χ0v) is 20.0.